The van der Waals surface area contributed by atoms with Gasteiger partial charge in [0.25, 0.3) is 0 Å². The van der Waals surface area contributed by atoms with E-state index in [1.807, 2.05) is 57.7 Å². The van der Waals surface area contributed by atoms with Crippen LogP contribution in [0.1, 0.15) is 46.2 Å². The topological polar surface area (TPSA) is 61.9 Å². The first-order chi connectivity index (χ1) is 12.6. The standard InChI is InChI=1S/C21H33N3O3/c1-15(2)18(22-20(26)27-21(3,4)5)19(25)24-13-12-23(6)17(14-24)16-10-8-7-9-11-16/h7-11,15,17-18H,12-14H2,1-6H3,(H,22,26). The Morgan fingerprint density at radius 3 is 2.33 bits per heavy atom. The first-order valence-corrected chi connectivity index (χ1v) is 9.62. The van der Waals surface area contributed by atoms with Crippen LogP contribution in [0.25, 0.3) is 0 Å². The number of amides is 2. The van der Waals surface area contributed by atoms with Gasteiger partial charge in [-0.1, -0.05) is 44.2 Å². The highest BCUT2D eigenvalue weighted by molar-refractivity contribution is 5.86. The SMILES string of the molecule is CC(C)C(NC(=O)OC(C)(C)C)C(=O)N1CCN(C)C(c2ccccc2)C1. The molecule has 1 saturated heterocycles. The zero-order valence-electron chi connectivity index (χ0n) is 17.4. The Balaban J connectivity index is 2.09. The van der Waals surface area contributed by atoms with Gasteiger partial charge in [-0.25, -0.2) is 4.79 Å². The molecule has 6 heteroatoms. The second-order valence-corrected chi connectivity index (χ2v) is 8.56. The molecule has 2 atom stereocenters. The van der Waals surface area contributed by atoms with E-state index in [-0.39, 0.29) is 17.9 Å². The summed E-state index contributed by atoms with van der Waals surface area (Å²) < 4.78 is 5.33. The van der Waals surface area contributed by atoms with Crippen molar-refractivity contribution in [2.45, 2.75) is 52.3 Å². The monoisotopic (exact) mass is 375 g/mol. The van der Waals surface area contributed by atoms with Crippen LogP contribution in [0.3, 0.4) is 0 Å². The number of piperazine rings is 1. The average molecular weight is 376 g/mol. The highest BCUT2D eigenvalue weighted by Gasteiger charge is 2.34. The number of likely N-dealkylation sites (N-methyl/N-ethyl adjacent to an activating group) is 1. The molecular formula is C21H33N3O3. The predicted molar refractivity (Wildman–Crippen MR) is 106 cm³/mol. The summed E-state index contributed by atoms with van der Waals surface area (Å²) >= 11 is 0. The Bertz CT molecular complexity index is 640. The van der Waals surface area contributed by atoms with Crippen LogP contribution in [-0.2, 0) is 9.53 Å². The number of nitrogens with one attached hydrogen (secondary N) is 1. The molecule has 0 saturated carbocycles. The summed E-state index contributed by atoms with van der Waals surface area (Å²) in [6, 6.07) is 9.77. The summed E-state index contributed by atoms with van der Waals surface area (Å²) in [6.45, 7) is 11.4. The number of alkyl carbamates (subject to hydrolysis) is 1. The van der Waals surface area contributed by atoms with Gasteiger partial charge < -0.3 is 15.0 Å². The second kappa shape index (κ2) is 8.74. The van der Waals surface area contributed by atoms with E-state index in [9.17, 15) is 9.59 Å². The largest absolute Gasteiger partial charge is 0.444 e. The molecule has 150 valence electrons. The molecule has 0 radical (unpaired) electrons. The lowest BCUT2D eigenvalue weighted by atomic mass is 9.99. The van der Waals surface area contributed by atoms with Crippen LogP contribution in [0, 0.1) is 5.92 Å². The van der Waals surface area contributed by atoms with Crippen LogP contribution in [0.4, 0.5) is 4.79 Å². The molecule has 0 aromatic heterocycles. The number of nitrogens with zero attached hydrogens (tertiary/aromatic N) is 2. The first-order valence-electron chi connectivity index (χ1n) is 9.62. The van der Waals surface area contributed by atoms with E-state index in [4.69, 9.17) is 4.74 Å². The van der Waals surface area contributed by atoms with Crippen molar-refractivity contribution in [3.8, 4) is 0 Å². The van der Waals surface area contributed by atoms with Crippen molar-refractivity contribution in [1.82, 2.24) is 15.1 Å². The van der Waals surface area contributed by atoms with Crippen molar-refractivity contribution in [3.63, 3.8) is 0 Å². The zero-order chi connectivity index (χ0) is 20.2. The van der Waals surface area contributed by atoms with Crippen molar-refractivity contribution in [3.05, 3.63) is 35.9 Å². The number of carbonyl (C=O) groups excluding carboxylic acids is 2. The molecule has 2 unspecified atom stereocenters. The molecule has 1 heterocycles. The van der Waals surface area contributed by atoms with Crippen molar-refractivity contribution in [2.75, 3.05) is 26.7 Å². The number of carbonyl (C=O) groups is 2. The molecule has 0 bridgehead atoms. The van der Waals surface area contributed by atoms with Crippen LogP contribution in [-0.4, -0.2) is 60.1 Å². The van der Waals surface area contributed by atoms with Crippen molar-refractivity contribution < 1.29 is 14.3 Å². The lowest BCUT2D eigenvalue weighted by Gasteiger charge is -2.41. The van der Waals surface area contributed by atoms with Gasteiger partial charge in [0.2, 0.25) is 5.91 Å². The van der Waals surface area contributed by atoms with Gasteiger partial charge in [-0.3, -0.25) is 9.69 Å². The maximum atomic E-state index is 13.2. The fourth-order valence-electron chi connectivity index (χ4n) is 3.25. The molecule has 1 aliphatic heterocycles. The molecule has 2 amide bonds. The molecule has 1 N–H and O–H groups in total. The average Bonchev–Trinajstić information content (AvgIpc) is 2.58. The minimum absolute atomic E-state index is 0.0279. The van der Waals surface area contributed by atoms with Gasteiger partial charge >= 0.3 is 6.09 Å². The lowest BCUT2D eigenvalue weighted by molar-refractivity contribution is -0.137. The second-order valence-electron chi connectivity index (χ2n) is 8.56. The highest BCUT2D eigenvalue weighted by atomic mass is 16.6. The van der Waals surface area contributed by atoms with Crippen molar-refractivity contribution in [2.24, 2.45) is 5.92 Å². The number of hydrogen-bond acceptors (Lipinski definition) is 4. The normalized spacial score (nSPS) is 19.7. The molecule has 1 aliphatic rings. The fraction of sp³-hybridized carbons (Fsp3) is 0.619. The molecule has 1 fully saturated rings. The van der Waals surface area contributed by atoms with Gasteiger partial charge in [0.1, 0.15) is 11.6 Å². The predicted octanol–water partition coefficient (Wildman–Crippen LogP) is 3.05. The highest BCUT2D eigenvalue weighted by Crippen LogP contribution is 2.24. The van der Waals surface area contributed by atoms with Crippen LogP contribution in [0.2, 0.25) is 0 Å². The van der Waals surface area contributed by atoms with E-state index >= 15 is 0 Å². The minimum atomic E-state index is -0.598. The number of rotatable bonds is 4. The molecule has 0 aliphatic carbocycles. The van der Waals surface area contributed by atoms with Gasteiger partial charge in [0.05, 0.1) is 6.04 Å². The third-order valence-corrected chi connectivity index (χ3v) is 4.75. The van der Waals surface area contributed by atoms with E-state index in [1.54, 1.807) is 0 Å². The first kappa shape index (κ1) is 21.2. The third-order valence-electron chi connectivity index (χ3n) is 4.75. The summed E-state index contributed by atoms with van der Waals surface area (Å²) in [6.07, 6.45) is -0.553. The van der Waals surface area contributed by atoms with Gasteiger partial charge in [-0.15, -0.1) is 0 Å². The van der Waals surface area contributed by atoms with Gasteiger partial charge in [-0.2, -0.15) is 0 Å². The van der Waals surface area contributed by atoms with Crippen LogP contribution in [0.15, 0.2) is 30.3 Å². The quantitative estimate of drug-likeness (QED) is 0.879. The van der Waals surface area contributed by atoms with Crippen LogP contribution in [0.5, 0.6) is 0 Å². The summed E-state index contributed by atoms with van der Waals surface area (Å²) in [5, 5.41) is 2.77. The zero-order valence-corrected chi connectivity index (χ0v) is 17.4. The minimum Gasteiger partial charge on any atom is -0.444 e. The Labute approximate surface area is 162 Å². The van der Waals surface area contributed by atoms with E-state index < -0.39 is 17.7 Å². The smallest absolute Gasteiger partial charge is 0.408 e. The number of hydrogen-bond donors (Lipinski definition) is 1. The van der Waals surface area contributed by atoms with E-state index in [0.29, 0.717) is 13.1 Å². The molecule has 1 aromatic rings. The van der Waals surface area contributed by atoms with Crippen molar-refractivity contribution in [1.29, 1.82) is 0 Å². The maximum absolute atomic E-state index is 13.2. The Morgan fingerprint density at radius 1 is 1.15 bits per heavy atom. The Hall–Kier alpha value is -2.08. The summed E-state index contributed by atoms with van der Waals surface area (Å²) in [5.74, 6) is -0.0789. The number of benzene rings is 1. The van der Waals surface area contributed by atoms with Gasteiger partial charge in [-0.05, 0) is 39.3 Å². The molecule has 1 aromatic carbocycles. The molecule has 2 rings (SSSR count). The van der Waals surface area contributed by atoms with Crippen molar-refractivity contribution >= 4 is 12.0 Å². The summed E-state index contributed by atoms with van der Waals surface area (Å²) in [7, 11) is 2.08. The van der Waals surface area contributed by atoms with E-state index in [1.165, 1.54) is 5.56 Å². The Kier molecular flexibility index (Phi) is 6.87. The number of ether oxygens (including phenoxy) is 1. The molecular weight excluding hydrogens is 342 g/mol. The van der Waals surface area contributed by atoms with Crippen LogP contribution >= 0.6 is 0 Å². The molecule has 27 heavy (non-hydrogen) atoms. The lowest BCUT2D eigenvalue weighted by Crippen LogP contribution is -2.57. The third kappa shape index (κ3) is 5.96. The van der Waals surface area contributed by atoms with Gasteiger partial charge in [0, 0.05) is 19.6 Å². The van der Waals surface area contributed by atoms with Gasteiger partial charge in [0.15, 0.2) is 0 Å². The summed E-state index contributed by atoms with van der Waals surface area (Å²) in [5.41, 5.74) is 0.597. The molecule has 6 nitrogen and oxygen atoms in total. The van der Waals surface area contributed by atoms with Crippen LogP contribution < -0.4 is 5.32 Å². The molecule has 0 spiro atoms. The van der Waals surface area contributed by atoms with E-state index in [2.05, 4.69) is 29.4 Å². The maximum Gasteiger partial charge on any atom is 0.408 e. The van der Waals surface area contributed by atoms with E-state index in [0.717, 1.165) is 6.54 Å². The summed E-state index contributed by atoms with van der Waals surface area (Å²) in [4.78, 5) is 29.5. The Morgan fingerprint density at radius 2 is 1.78 bits per heavy atom. The fourth-order valence-corrected chi connectivity index (χ4v) is 3.25.